The topological polar surface area (TPSA) is 75.2 Å². The van der Waals surface area contributed by atoms with Crippen molar-refractivity contribution in [1.29, 1.82) is 0 Å². The van der Waals surface area contributed by atoms with Gasteiger partial charge in [-0.2, -0.15) is 5.10 Å². The minimum Gasteiger partial charge on any atom is -0.493 e. The second kappa shape index (κ2) is 5.50. The molecular weight excluding hydrogens is 232 g/mol. The van der Waals surface area contributed by atoms with Crippen molar-refractivity contribution >= 4 is 0 Å². The summed E-state index contributed by atoms with van der Waals surface area (Å²) in [6.45, 7) is 0.814. The van der Waals surface area contributed by atoms with Crippen molar-refractivity contribution in [2.24, 2.45) is 12.8 Å². The molecular formula is C12H16N4O2. The van der Waals surface area contributed by atoms with E-state index in [1.165, 1.54) is 6.33 Å². The summed E-state index contributed by atoms with van der Waals surface area (Å²) in [7, 11) is 3.42. The maximum absolute atomic E-state index is 5.66. The second-order valence-corrected chi connectivity index (χ2v) is 3.78. The zero-order chi connectivity index (χ0) is 13.0. The molecule has 96 valence electrons. The summed E-state index contributed by atoms with van der Waals surface area (Å²) >= 11 is 0. The molecule has 1 aromatic carbocycles. The van der Waals surface area contributed by atoms with Crippen LogP contribution in [0.3, 0.4) is 0 Å². The maximum Gasteiger partial charge on any atom is 0.164 e. The second-order valence-electron chi connectivity index (χ2n) is 3.78. The molecule has 0 aliphatic rings. The van der Waals surface area contributed by atoms with E-state index in [2.05, 4.69) is 10.1 Å². The van der Waals surface area contributed by atoms with Gasteiger partial charge in [0.05, 0.1) is 7.11 Å². The van der Waals surface area contributed by atoms with Crippen LogP contribution in [0.5, 0.6) is 11.5 Å². The fraction of sp³-hybridized carbons (Fsp3) is 0.333. The maximum atomic E-state index is 5.66. The van der Waals surface area contributed by atoms with Crippen molar-refractivity contribution in [2.75, 3.05) is 7.11 Å². The average molecular weight is 248 g/mol. The van der Waals surface area contributed by atoms with E-state index >= 15 is 0 Å². The third kappa shape index (κ3) is 2.60. The normalized spacial score (nSPS) is 10.4. The smallest absolute Gasteiger partial charge is 0.164 e. The van der Waals surface area contributed by atoms with Gasteiger partial charge in [0, 0.05) is 13.6 Å². The molecule has 0 fully saturated rings. The van der Waals surface area contributed by atoms with Crippen LogP contribution in [-0.2, 0) is 20.2 Å². The molecule has 1 heterocycles. The highest BCUT2D eigenvalue weighted by molar-refractivity contribution is 5.42. The van der Waals surface area contributed by atoms with Crippen LogP contribution in [0.15, 0.2) is 24.5 Å². The number of hydrogen-bond donors (Lipinski definition) is 1. The molecule has 0 atom stereocenters. The summed E-state index contributed by atoms with van der Waals surface area (Å²) in [5.74, 6) is 2.08. The highest BCUT2D eigenvalue weighted by Crippen LogP contribution is 2.28. The number of nitrogens with zero attached hydrogens (tertiary/aromatic N) is 3. The Labute approximate surface area is 105 Å². The lowest BCUT2D eigenvalue weighted by atomic mass is 10.2. The van der Waals surface area contributed by atoms with E-state index in [0.29, 0.717) is 24.7 Å². The Morgan fingerprint density at radius 1 is 1.33 bits per heavy atom. The third-order valence-electron chi connectivity index (χ3n) is 2.63. The molecule has 2 N–H and O–H groups in total. The molecule has 2 aromatic rings. The van der Waals surface area contributed by atoms with Crippen LogP contribution in [0, 0.1) is 0 Å². The fourth-order valence-electron chi connectivity index (χ4n) is 1.55. The molecule has 0 unspecified atom stereocenters. The number of rotatable bonds is 5. The lowest BCUT2D eigenvalue weighted by Crippen LogP contribution is -2.05. The van der Waals surface area contributed by atoms with E-state index in [0.717, 1.165) is 11.4 Å². The minimum atomic E-state index is 0.342. The van der Waals surface area contributed by atoms with E-state index in [9.17, 15) is 0 Å². The molecule has 0 bridgehead atoms. The molecule has 2 rings (SSSR count). The van der Waals surface area contributed by atoms with E-state index in [4.69, 9.17) is 15.2 Å². The first-order chi connectivity index (χ1) is 8.74. The van der Waals surface area contributed by atoms with E-state index in [1.807, 2.05) is 25.2 Å². The predicted octanol–water partition coefficient (Wildman–Crippen LogP) is 0.861. The number of aromatic nitrogens is 3. The van der Waals surface area contributed by atoms with Gasteiger partial charge in [-0.25, -0.2) is 4.98 Å². The van der Waals surface area contributed by atoms with Crippen LogP contribution in [-0.4, -0.2) is 21.9 Å². The molecule has 18 heavy (non-hydrogen) atoms. The van der Waals surface area contributed by atoms with Crippen molar-refractivity contribution in [1.82, 2.24) is 14.8 Å². The Morgan fingerprint density at radius 2 is 2.17 bits per heavy atom. The van der Waals surface area contributed by atoms with Crippen molar-refractivity contribution in [3.05, 3.63) is 35.9 Å². The highest BCUT2D eigenvalue weighted by Gasteiger charge is 2.07. The van der Waals surface area contributed by atoms with Crippen molar-refractivity contribution in [3.8, 4) is 11.5 Å². The van der Waals surface area contributed by atoms with Crippen LogP contribution < -0.4 is 15.2 Å². The van der Waals surface area contributed by atoms with Crippen LogP contribution in [0.2, 0.25) is 0 Å². The summed E-state index contributed by atoms with van der Waals surface area (Å²) in [6.07, 6.45) is 1.49. The van der Waals surface area contributed by atoms with Gasteiger partial charge in [0.1, 0.15) is 12.9 Å². The first-order valence-corrected chi connectivity index (χ1v) is 5.57. The lowest BCUT2D eigenvalue weighted by Gasteiger charge is -2.11. The van der Waals surface area contributed by atoms with Crippen LogP contribution in [0.1, 0.15) is 11.4 Å². The van der Waals surface area contributed by atoms with Gasteiger partial charge >= 0.3 is 0 Å². The Bertz CT molecular complexity index is 525. The van der Waals surface area contributed by atoms with Crippen molar-refractivity contribution < 1.29 is 9.47 Å². The molecule has 6 heteroatoms. The third-order valence-corrected chi connectivity index (χ3v) is 2.63. The molecule has 0 aliphatic heterocycles. The predicted molar refractivity (Wildman–Crippen MR) is 66.2 cm³/mol. The molecule has 6 nitrogen and oxygen atoms in total. The molecule has 0 saturated heterocycles. The van der Waals surface area contributed by atoms with Crippen LogP contribution >= 0.6 is 0 Å². The van der Waals surface area contributed by atoms with Crippen LogP contribution in [0.4, 0.5) is 0 Å². The number of ether oxygens (including phenoxy) is 2. The number of methoxy groups -OCH3 is 1. The largest absolute Gasteiger partial charge is 0.493 e. The SMILES string of the molecule is COc1cc(CN)ccc1OCc1ncnn1C. The van der Waals surface area contributed by atoms with Gasteiger partial charge in [0.15, 0.2) is 17.3 Å². The van der Waals surface area contributed by atoms with Gasteiger partial charge in [-0.05, 0) is 17.7 Å². The Hall–Kier alpha value is -2.08. The summed E-state index contributed by atoms with van der Waals surface area (Å²) < 4.78 is 12.6. The van der Waals surface area contributed by atoms with Gasteiger partial charge in [-0.3, -0.25) is 4.68 Å². The number of nitrogens with two attached hydrogens (primary N) is 1. The first kappa shape index (κ1) is 12.4. The quantitative estimate of drug-likeness (QED) is 0.849. The van der Waals surface area contributed by atoms with E-state index < -0.39 is 0 Å². The monoisotopic (exact) mass is 248 g/mol. The standard InChI is InChI=1S/C12H16N4O2/c1-16-12(14-8-15-16)7-18-10-4-3-9(6-13)5-11(10)17-2/h3-5,8H,6-7,13H2,1-2H3. The van der Waals surface area contributed by atoms with Gasteiger partial charge in [0.2, 0.25) is 0 Å². The molecule has 0 aliphatic carbocycles. The number of benzene rings is 1. The summed E-state index contributed by atoms with van der Waals surface area (Å²) in [5.41, 5.74) is 6.57. The summed E-state index contributed by atoms with van der Waals surface area (Å²) in [6, 6.07) is 5.62. The molecule has 0 amide bonds. The van der Waals surface area contributed by atoms with Gasteiger partial charge in [-0.1, -0.05) is 6.07 Å². The summed E-state index contributed by atoms with van der Waals surface area (Å²) in [4.78, 5) is 4.09. The number of hydrogen-bond acceptors (Lipinski definition) is 5. The molecule has 0 saturated carbocycles. The Morgan fingerprint density at radius 3 is 2.78 bits per heavy atom. The highest BCUT2D eigenvalue weighted by atomic mass is 16.5. The summed E-state index contributed by atoms with van der Waals surface area (Å²) in [5, 5.41) is 3.98. The van der Waals surface area contributed by atoms with Crippen molar-refractivity contribution in [3.63, 3.8) is 0 Å². The fourth-order valence-corrected chi connectivity index (χ4v) is 1.55. The zero-order valence-corrected chi connectivity index (χ0v) is 10.5. The van der Waals surface area contributed by atoms with E-state index in [1.54, 1.807) is 11.8 Å². The van der Waals surface area contributed by atoms with Gasteiger partial charge in [-0.15, -0.1) is 0 Å². The zero-order valence-electron chi connectivity index (χ0n) is 10.5. The van der Waals surface area contributed by atoms with E-state index in [-0.39, 0.29) is 0 Å². The minimum absolute atomic E-state index is 0.342. The first-order valence-electron chi connectivity index (χ1n) is 5.57. The average Bonchev–Trinajstić information content (AvgIpc) is 2.81. The Balaban J connectivity index is 2.11. The van der Waals surface area contributed by atoms with Gasteiger partial charge < -0.3 is 15.2 Å². The molecule has 1 aromatic heterocycles. The molecule has 0 spiro atoms. The number of aryl methyl sites for hydroxylation is 1. The molecule has 0 radical (unpaired) electrons. The van der Waals surface area contributed by atoms with Crippen molar-refractivity contribution in [2.45, 2.75) is 13.2 Å². The Kier molecular flexibility index (Phi) is 3.78. The lowest BCUT2D eigenvalue weighted by molar-refractivity contribution is 0.271. The van der Waals surface area contributed by atoms with Gasteiger partial charge in [0.25, 0.3) is 0 Å². The van der Waals surface area contributed by atoms with Crippen LogP contribution in [0.25, 0.3) is 0 Å².